The molecular formula is C20H20N4O2. The van der Waals surface area contributed by atoms with Crippen LogP contribution in [0.5, 0.6) is 5.75 Å². The number of para-hydroxylation sites is 2. The highest BCUT2D eigenvalue weighted by atomic mass is 16.5. The Hall–Kier alpha value is -3.41. The molecule has 26 heavy (non-hydrogen) atoms. The van der Waals surface area contributed by atoms with E-state index in [1.165, 1.54) is 18.0 Å². The van der Waals surface area contributed by atoms with E-state index in [0.29, 0.717) is 22.9 Å². The van der Waals surface area contributed by atoms with E-state index < -0.39 is 0 Å². The minimum atomic E-state index is -0.298. The molecule has 1 amide bonds. The molecule has 6 nitrogen and oxygen atoms in total. The summed E-state index contributed by atoms with van der Waals surface area (Å²) in [5.41, 5.74) is 4.22. The van der Waals surface area contributed by atoms with Crippen LogP contribution in [0.4, 0.5) is 17.3 Å². The van der Waals surface area contributed by atoms with Gasteiger partial charge >= 0.3 is 0 Å². The summed E-state index contributed by atoms with van der Waals surface area (Å²) >= 11 is 0. The van der Waals surface area contributed by atoms with Gasteiger partial charge in [-0.25, -0.2) is 9.97 Å². The van der Waals surface area contributed by atoms with Crippen molar-refractivity contribution in [3.63, 3.8) is 0 Å². The lowest BCUT2D eigenvalue weighted by atomic mass is 10.1. The molecule has 0 fully saturated rings. The molecule has 0 unspecified atom stereocenters. The highest BCUT2D eigenvalue weighted by Crippen LogP contribution is 2.24. The van der Waals surface area contributed by atoms with Crippen LogP contribution in [0, 0.1) is 13.8 Å². The van der Waals surface area contributed by atoms with E-state index in [1.807, 2.05) is 44.2 Å². The molecule has 3 rings (SSSR count). The first kappa shape index (κ1) is 17.4. The lowest BCUT2D eigenvalue weighted by Gasteiger charge is -2.11. The maximum atomic E-state index is 12.4. The van der Waals surface area contributed by atoms with Crippen LogP contribution in [0.25, 0.3) is 0 Å². The van der Waals surface area contributed by atoms with E-state index in [0.717, 1.165) is 11.3 Å². The van der Waals surface area contributed by atoms with Crippen LogP contribution < -0.4 is 15.4 Å². The SMILES string of the molecule is COc1ccccc1NC(=O)c1cnc(Nc2cccc(C)c2C)nc1. The highest BCUT2D eigenvalue weighted by molar-refractivity contribution is 6.04. The van der Waals surface area contributed by atoms with Crippen molar-refractivity contribution in [3.8, 4) is 5.75 Å². The first-order valence-electron chi connectivity index (χ1n) is 8.18. The monoisotopic (exact) mass is 348 g/mol. The number of aromatic nitrogens is 2. The van der Waals surface area contributed by atoms with Crippen molar-refractivity contribution in [2.45, 2.75) is 13.8 Å². The molecule has 2 N–H and O–H groups in total. The number of nitrogens with one attached hydrogen (secondary N) is 2. The predicted octanol–water partition coefficient (Wildman–Crippen LogP) is 4.10. The lowest BCUT2D eigenvalue weighted by molar-refractivity contribution is 0.102. The molecule has 0 aliphatic rings. The zero-order valence-corrected chi connectivity index (χ0v) is 14.9. The Balaban J connectivity index is 1.73. The Labute approximate surface area is 152 Å². The zero-order valence-electron chi connectivity index (χ0n) is 14.9. The third kappa shape index (κ3) is 3.80. The van der Waals surface area contributed by atoms with Gasteiger partial charge < -0.3 is 15.4 Å². The van der Waals surface area contributed by atoms with Gasteiger partial charge in [0.2, 0.25) is 5.95 Å². The van der Waals surface area contributed by atoms with Gasteiger partial charge in [-0.1, -0.05) is 24.3 Å². The molecule has 0 atom stereocenters. The minimum absolute atomic E-state index is 0.298. The average molecular weight is 348 g/mol. The predicted molar refractivity (Wildman–Crippen MR) is 102 cm³/mol. The van der Waals surface area contributed by atoms with Crippen molar-refractivity contribution in [2.75, 3.05) is 17.7 Å². The summed E-state index contributed by atoms with van der Waals surface area (Å²) in [4.78, 5) is 20.9. The van der Waals surface area contributed by atoms with Gasteiger partial charge in [0, 0.05) is 18.1 Å². The van der Waals surface area contributed by atoms with Crippen LogP contribution in [0.3, 0.4) is 0 Å². The number of methoxy groups -OCH3 is 1. The van der Waals surface area contributed by atoms with Gasteiger partial charge in [-0.15, -0.1) is 0 Å². The van der Waals surface area contributed by atoms with E-state index in [4.69, 9.17) is 4.74 Å². The molecule has 0 aliphatic carbocycles. The van der Waals surface area contributed by atoms with Crippen LogP contribution in [0.15, 0.2) is 54.9 Å². The molecule has 0 aliphatic heterocycles. The molecule has 6 heteroatoms. The third-order valence-corrected chi connectivity index (χ3v) is 4.12. The molecule has 3 aromatic rings. The maximum absolute atomic E-state index is 12.4. The molecule has 0 spiro atoms. The summed E-state index contributed by atoms with van der Waals surface area (Å²) < 4.78 is 5.23. The van der Waals surface area contributed by atoms with Crippen molar-refractivity contribution in [1.82, 2.24) is 9.97 Å². The number of rotatable bonds is 5. The Bertz CT molecular complexity index is 923. The van der Waals surface area contributed by atoms with Crippen molar-refractivity contribution in [2.24, 2.45) is 0 Å². The van der Waals surface area contributed by atoms with E-state index >= 15 is 0 Å². The number of benzene rings is 2. The summed E-state index contributed by atoms with van der Waals surface area (Å²) in [5, 5.41) is 5.97. The summed E-state index contributed by atoms with van der Waals surface area (Å²) in [6.07, 6.45) is 2.98. The average Bonchev–Trinajstić information content (AvgIpc) is 2.66. The number of anilines is 3. The Kier molecular flexibility index (Phi) is 5.12. The lowest BCUT2D eigenvalue weighted by Crippen LogP contribution is -2.13. The Morgan fingerprint density at radius 3 is 2.38 bits per heavy atom. The number of hydrogen-bond acceptors (Lipinski definition) is 5. The number of hydrogen-bond donors (Lipinski definition) is 2. The first-order valence-corrected chi connectivity index (χ1v) is 8.18. The van der Waals surface area contributed by atoms with E-state index in [2.05, 4.69) is 20.6 Å². The van der Waals surface area contributed by atoms with Crippen molar-refractivity contribution in [1.29, 1.82) is 0 Å². The first-order chi connectivity index (χ1) is 12.6. The van der Waals surface area contributed by atoms with Gasteiger partial charge in [0.1, 0.15) is 5.75 Å². The van der Waals surface area contributed by atoms with Crippen LogP contribution in [-0.4, -0.2) is 23.0 Å². The second-order valence-corrected chi connectivity index (χ2v) is 5.82. The molecule has 0 bridgehead atoms. The van der Waals surface area contributed by atoms with Crippen LogP contribution in [0.2, 0.25) is 0 Å². The van der Waals surface area contributed by atoms with E-state index in [1.54, 1.807) is 19.2 Å². The fraction of sp³-hybridized carbons (Fsp3) is 0.150. The molecule has 132 valence electrons. The number of carbonyl (C=O) groups is 1. The molecule has 2 aromatic carbocycles. The minimum Gasteiger partial charge on any atom is -0.495 e. The number of nitrogens with zero attached hydrogens (tertiary/aromatic N) is 2. The molecular weight excluding hydrogens is 328 g/mol. The zero-order chi connectivity index (χ0) is 18.5. The fourth-order valence-electron chi connectivity index (χ4n) is 2.46. The van der Waals surface area contributed by atoms with Crippen LogP contribution in [-0.2, 0) is 0 Å². The quantitative estimate of drug-likeness (QED) is 0.726. The van der Waals surface area contributed by atoms with Gasteiger partial charge in [-0.3, -0.25) is 4.79 Å². The highest BCUT2D eigenvalue weighted by Gasteiger charge is 2.11. The summed E-state index contributed by atoms with van der Waals surface area (Å²) in [7, 11) is 1.56. The van der Waals surface area contributed by atoms with Crippen molar-refractivity contribution < 1.29 is 9.53 Å². The molecule has 0 saturated heterocycles. The largest absolute Gasteiger partial charge is 0.495 e. The number of amides is 1. The van der Waals surface area contributed by atoms with Gasteiger partial charge in [-0.05, 0) is 43.2 Å². The van der Waals surface area contributed by atoms with Gasteiger partial charge in [-0.2, -0.15) is 0 Å². The number of aryl methyl sites for hydroxylation is 1. The van der Waals surface area contributed by atoms with Crippen LogP contribution >= 0.6 is 0 Å². The van der Waals surface area contributed by atoms with Crippen molar-refractivity contribution >= 4 is 23.2 Å². The van der Waals surface area contributed by atoms with E-state index in [9.17, 15) is 4.79 Å². The fourth-order valence-corrected chi connectivity index (χ4v) is 2.46. The van der Waals surface area contributed by atoms with Crippen LogP contribution in [0.1, 0.15) is 21.5 Å². The number of carbonyl (C=O) groups excluding carboxylic acids is 1. The summed E-state index contributed by atoms with van der Waals surface area (Å²) in [6, 6.07) is 13.2. The maximum Gasteiger partial charge on any atom is 0.258 e. The topological polar surface area (TPSA) is 76.1 Å². The Morgan fingerprint density at radius 2 is 1.65 bits per heavy atom. The molecule has 0 radical (unpaired) electrons. The standard InChI is InChI=1S/C20H20N4O2/c1-13-7-6-9-16(14(13)2)24-20-21-11-15(12-22-20)19(25)23-17-8-4-5-10-18(17)26-3/h4-12H,1-3H3,(H,23,25)(H,21,22,24). The molecule has 1 aromatic heterocycles. The summed E-state index contributed by atoms with van der Waals surface area (Å²) in [5.74, 6) is 0.732. The third-order valence-electron chi connectivity index (χ3n) is 4.12. The smallest absolute Gasteiger partial charge is 0.258 e. The number of ether oxygens (including phenoxy) is 1. The Morgan fingerprint density at radius 1 is 0.962 bits per heavy atom. The van der Waals surface area contributed by atoms with Gasteiger partial charge in [0.25, 0.3) is 5.91 Å². The molecule has 0 saturated carbocycles. The molecule has 1 heterocycles. The van der Waals surface area contributed by atoms with E-state index in [-0.39, 0.29) is 5.91 Å². The van der Waals surface area contributed by atoms with Gasteiger partial charge in [0.05, 0.1) is 18.4 Å². The normalized spacial score (nSPS) is 10.3. The van der Waals surface area contributed by atoms with Crippen molar-refractivity contribution in [3.05, 3.63) is 71.5 Å². The second-order valence-electron chi connectivity index (χ2n) is 5.82. The second kappa shape index (κ2) is 7.65. The summed E-state index contributed by atoms with van der Waals surface area (Å²) in [6.45, 7) is 4.08. The van der Waals surface area contributed by atoms with Gasteiger partial charge in [0.15, 0.2) is 0 Å².